The zero-order chi connectivity index (χ0) is 17.4. The molecule has 8 heteroatoms. The molecule has 0 saturated carbocycles. The van der Waals surface area contributed by atoms with Crippen LogP contribution in [0.5, 0.6) is 0 Å². The van der Waals surface area contributed by atoms with Gasteiger partial charge in [-0.05, 0) is 40.2 Å². The van der Waals surface area contributed by atoms with Crippen LogP contribution in [0.25, 0.3) is 0 Å². The van der Waals surface area contributed by atoms with Gasteiger partial charge in [-0.2, -0.15) is 8.42 Å². The predicted molar refractivity (Wildman–Crippen MR) is 85.7 cm³/mol. The van der Waals surface area contributed by atoms with Crippen LogP contribution in [0.2, 0.25) is 0 Å². The minimum Gasteiger partial charge on any atom is -0.293 e. The Morgan fingerprint density at radius 2 is 2.00 bits per heavy atom. The molecular weight excluding hydrogens is 320 g/mol. The Morgan fingerprint density at radius 1 is 1.35 bits per heavy atom. The molecule has 1 aromatic carbocycles. The fraction of sp³-hybridized carbons (Fsp3) is 0.600. The Kier molecular flexibility index (Phi) is 4.79. The second-order valence-electron chi connectivity index (χ2n) is 6.83. The largest absolute Gasteiger partial charge is 0.297 e. The number of non-ortho nitro benzene ring substituents is 1. The van der Waals surface area contributed by atoms with Gasteiger partial charge in [0.1, 0.15) is 4.90 Å². The summed E-state index contributed by atoms with van der Waals surface area (Å²) in [5.41, 5.74) is -0.349. The van der Waals surface area contributed by atoms with Crippen molar-refractivity contribution in [1.29, 1.82) is 0 Å². The average Bonchev–Trinajstić information content (AvgIpc) is 2.79. The molecule has 2 rings (SSSR count). The molecule has 1 aliphatic heterocycles. The van der Waals surface area contributed by atoms with E-state index in [1.165, 1.54) is 18.2 Å². The Hall–Kier alpha value is -1.51. The van der Waals surface area contributed by atoms with Crippen LogP contribution in [-0.2, 0) is 14.3 Å². The highest BCUT2D eigenvalue weighted by Gasteiger charge is 2.38. The van der Waals surface area contributed by atoms with Crippen LogP contribution >= 0.6 is 0 Å². The summed E-state index contributed by atoms with van der Waals surface area (Å²) in [6.45, 7) is 8.76. The maximum Gasteiger partial charge on any atom is 0.297 e. The molecule has 0 amide bonds. The van der Waals surface area contributed by atoms with Gasteiger partial charge in [-0.3, -0.25) is 19.2 Å². The van der Waals surface area contributed by atoms with E-state index in [0.717, 1.165) is 6.07 Å². The fourth-order valence-electron chi connectivity index (χ4n) is 2.97. The highest BCUT2D eigenvalue weighted by atomic mass is 32.2. The molecule has 1 heterocycles. The van der Waals surface area contributed by atoms with Crippen molar-refractivity contribution >= 4 is 15.8 Å². The third-order valence-electron chi connectivity index (χ3n) is 3.98. The highest BCUT2D eigenvalue weighted by molar-refractivity contribution is 7.86. The second kappa shape index (κ2) is 6.18. The Bertz CT molecular complexity index is 696. The molecule has 1 saturated heterocycles. The van der Waals surface area contributed by atoms with Crippen LogP contribution in [0.1, 0.15) is 34.1 Å². The lowest BCUT2D eigenvalue weighted by molar-refractivity contribution is -0.385. The van der Waals surface area contributed by atoms with Gasteiger partial charge < -0.3 is 0 Å². The van der Waals surface area contributed by atoms with E-state index in [9.17, 15) is 18.5 Å². The van der Waals surface area contributed by atoms with Gasteiger partial charge in [0.25, 0.3) is 15.8 Å². The van der Waals surface area contributed by atoms with Crippen LogP contribution in [0.15, 0.2) is 29.2 Å². The molecule has 1 aromatic rings. The normalized spacial score (nSPS) is 23.1. The van der Waals surface area contributed by atoms with E-state index in [-0.39, 0.29) is 22.2 Å². The molecule has 0 aromatic heterocycles. The van der Waals surface area contributed by atoms with E-state index in [4.69, 9.17) is 4.18 Å². The van der Waals surface area contributed by atoms with Gasteiger partial charge in [0.05, 0.1) is 11.0 Å². The summed E-state index contributed by atoms with van der Waals surface area (Å²) in [5, 5.41) is 10.8. The number of rotatable bonds is 4. The van der Waals surface area contributed by atoms with Crippen LogP contribution < -0.4 is 0 Å². The quantitative estimate of drug-likeness (QED) is 0.474. The van der Waals surface area contributed by atoms with Gasteiger partial charge in [0, 0.05) is 30.3 Å². The number of nitro benzene ring substituents is 1. The van der Waals surface area contributed by atoms with Crippen molar-refractivity contribution in [2.24, 2.45) is 0 Å². The first-order valence-corrected chi connectivity index (χ1v) is 8.86. The Labute approximate surface area is 136 Å². The Balaban J connectivity index is 2.17. The van der Waals surface area contributed by atoms with E-state index in [1.807, 2.05) is 6.92 Å². The molecule has 1 fully saturated rings. The standard InChI is InChI=1S/C15H22N2O5S/c1-11-8-13(10-16(11)15(2,3)4)22-23(20,21)14-7-5-6-12(9-14)17(18)19/h5-7,9,11,13H,8,10H2,1-4H3/t11-,13-/m0/s1. The smallest absolute Gasteiger partial charge is 0.293 e. The minimum absolute atomic E-state index is 0.0766. The van der Waals surface area contributed by atoms with Gasteiger partial charge >= 0.3 is 0 Å². The van der Waals surface area contributed by atoms with Crippen molar-refractivity contribution in [2.75, 3.05) is 6.54 Å². The molecular formula is C15H22N2O5S. The van der Waals surface area contributed by atoms with Gasteiger partial charge in [-0.25, -0.2) is 0 Å². The third-order valence-corrected chi connectivity index (χ3v) is 5.33. The first-order chi connectivity index (χ1) is 10.5. The van der Waals surface area contributed by atoms with E-state index >= 15 is 0 Å². The number of likely N-dealkylation sites (tertiary alicyclic amines) is 1. The molecule has 0 N–H and O–H groups in total. The summed E-state index contributed by atoms with van der Waals surface area (Å²) in [5.74, 6) is 0. The van der Waals surface area contributed by atoms with Gasteiger partial charge in [0.15, 0.2) is 0 Å². The SMILES string of the molecule is C[C@H]1C[C@H](OS(=O)(=O)c2cccc([N+](=O)[O-])c2)CN1C(C)(C)C. The molecule has 0 bridgehead atoms. The van der Waals surface area contributed by atoms with Crippen LogP contribution in [0, 0.1) is 10.1 Å². The molecule has 0 aliphatic carbocycles. The topological polar surface area (TPSA) is 89.8 Å². The average molecular weight is 342 g/mol. The van der Waals surface area contributed by atoms with Crippen molar-refractivity contribution in [3.63, 3.8) is 0 Å². The van der Waals surface area contributed by atoms with E-state index < -0.39 is 21.1 Å². The van der Waals surface area contributed by atoms with Crippen LogP contribution in [0.4, 0.5) is 5.69 Å². The van der Waals surface area contributed by atoms with Crippen molar-refractivity contribution in [3.05, 3.63) is 34.4 Å². The van der Waals surface area contributed by atoms with Crippen LogP contribution in [-0.4, -0.2) is 42.5 Å². The third kappa shape index (κ3) is 4.07. The summed E-state index contributed by atoms with van der Waals surface area (Å²) < 4.78 is 30.0. The summed E-state index contributed by atoms with van der Waals surface area (Å²) in [7, 11) is -4.02. The van der Waals surface area contributed by atoms with Gasteiger partial charge in [-0.15, -0.1) is 0 Å². The van der Waals surface area contributed by atoms with Crippen molar-refractivity contribution in [1.82, 2.24) is 4.90 Å². The van der Waals surface area contributed by atoms with Gasteiger partial charge in [0.2, 0.25) is 0 Å². The van der Waals surface area contributed by atoms with Crippen LogP contribution in [0.3, 0.4) is 0 Å². The predicted octanol–water partition coefficient (Wildman–Crippen LogP) is 2.56. The number of nitro groups is 1. The monoisotopic (exact) mass is 342 g/mol. The van der Waals surface area contributed by atoms with Gasteiger partial charge in [-0.1, -0.05) is 6.07 Å². The maximum atomic E-state index is 12.4. The summed E-state index contributed by atoms with van der Waals surface area (Å²) >= 11 is 0. The molecule has 0 spiro atoms. The Morgan fingerprint density at radius 3 is 2.52 bits per heavy atom. The van der Waals surface area contributed by atoms with E-state index in [0.29, 0.717) is 13.0 Å². The zero-order valence-corrected chi connectivity index (χ0v) is 14.5. The zero-order valence-electron chi connectivity index (χ0n) is 13.7. The second-order valence-corrected chi connectivity index (χ2v) is 8.41. The summed E-state index contributed by atoms with van der Waals surface area (Å²) in [6, 6.07) is 5.13. The molecule has 1 aliphatic rings. The van der Waals surface area contributed by atoms with Crippen molar-refractivity contribution < 1.29 is 17.5 Å². The first-order valence-electron chi connectivity index (χ1n) is 7.45. The molecule has 2 atom stereocenters. The molecule has 128 valence electrons. The molecule has 7 nitrogen and oxygen atoms in total. The van der Waals surface area contributed by atoms with E-state index in [1.54, 1.807) is 0 Å². The number of hydrogen-bond acceptors (Lipinski definition) is 6. The van der Waals surface area contributed by atoms with E-state index in [2.05, 4.69) is 25.7 Å². The van der Waals surface area contributed by atoms with Crippen molar-refractivity contribution in [3.8, 4) is 0 Å². The molecule has 23 heavy (non-hydrogen) atoms. The first kappa shape index (κ1) is 17.8. The minimum atomic E-state index is -4.02. The lowest BCUT2D eigenvalue weighted by Gasteiger charge is -2.35. The highest BCUT2D eigenvalue weighted by Crippen LogP contribution is 2.30. The number of nitrogens with zero attached hydrogens (tertiary/aromatic N) is 2. The fourth-order valence-corrected chi connectivity index (χ4v) is 4.09. The summed E-state index contributed by atoms with van der Waals surface area (Å²) in [4.78, 5) is 12.2. The lowest BCUT2D eigenvalue weighted by atomic mass is 10.1. The number of hydrogen-bond donors (Lipinski definition) is 0. The maximum absolute atomic E-state index is 12.4. The molecule has 0 radical (unpaired) electrons. The lowest BCUT2D eigenvalue weighted by Crippen LogP contribution is -2.43. The summed E-state index contributed by atoms with van der Waals surface area (Å²) in [6.07, 6.45) is 0.152. The molecule has 0 unspecified atom stereocenters. The van der Waals surface area contributed by atoms with Crippen molar-refractivity contribution in [2.45, 2.75) is 56.7 Å². The number of benzene rings is 1.